The van der Waals surface area contributed by atoms with Gasteiger partial charge in [0.05, 0.1) is 4.90 Å². The lowest BCUT2D eigenvalue weighted by Crippen LogP contribution is -2.40. The number of amides is 1. The van der Waals surface area contributed by atoms with Crippen LogP contribution >= 0.6 is 11.8 Å². The first-order valence-corrected chi connectivity index (χ1v) is 11.4. The maximum atomic E-state index is 12.3. The fourth-order valence-corrected chi connectivity index (χ4v) is 4.36. The fourth-order valence-electron chi connectivity index (χ4n) is 2.48. The standard InChI is InChI=1S/C20H26N2O3S2/c1-20(2,3)22-27(24,25)18-11-8-15(9-12-18)10-13-19(23)21-16-6-5-7-17(14-16)26-4/h5-9,11-12,14,22H,10,13H2,1-4H3,(H,21,23). The van der Waals surface area contributed by atoms with E-state index >= 15 is 0 Å². The number of sulfonamides is 1. The molecule has 1 amide bonds. The van der Waals surface area contributed by atoms with E-state index in [0.29, 0.717) is 12.8 Å². The molecule has 2 aromatic carbocycles. The molecule has 2 aromatic rings. The minimum absolute atomic E-state index is 0.0700. The summed E-state index contributed by atoms with van der Waals surface area (Å²) in [6.07, 6.45) is 2.86. The van der Waals surface area contributed by atoms with Crippen LogP contribution in [0.15, 0.2) is 58.3 Å². The lowest BCUT2D eigenvalue weighted by atomic mass is 10.1. The second-order valence-corrected chi connectivity index (χ2v) is 9.84. The molecule has 0 heterocycles. The van der Waals surface area contributed by atoms with Crippen molar-refractivity contribution in [3.05, 3.63) is 54.1 Å². The summed E-state index contributed by atoms with van der Waals surface area (Å²) in [5, 5.41) is 2.89. The summed E-state index contributed by atoms with van der Waals surface area (Å²) in [6.45, 7) is 5.39. The maximum Gasteiger partial charge on any atom is 0.241 e. The molecular formula is C20H26N2O3S2. The van der Waals surface area contributed by atoms with Gasteiger partial charge in [-0.15, -0.1) is 11.8 Å². The van der Waals surface area contributed by atoms with Crippen LogP contribution in [0.25, 0.3) is 0 Å². The van der Waals surface area contributed by atoms with Gasteiger partial charge >= 0.3 is 0 Å². The van der Waals surface area contributed by atoms with Crippen LogP contribution in [0, 0.1) is 0 Å². The number of anilines is 1. The molecule has 5 nitrogen and oxygen atoms in total. The van der Waals surface area contributed by atoms with E-state index in [1.807, 2.05) is 30.5 Å². The molecule has 0 aliphatic heterocycles. The van der Waals surface area contributed by atoms with E-state index in [-0.39, 0.29) is 10.8 Å². The third-order valence-corrected chi connectivity index (χ3v) is 6.17. The Labute approximate surface area is 166 Å². The zero-order valence-corrected chi connectivity index (χ0v) is 17.7. The zero-order valence-electron chi connectivity index (χ0n) is 16.1. The largest absolute Gasteiger partial charge is 0.326 e. The second kappa shape index (κ2) is 8.91. The summed E-state index contributed by atoms with van der Waals surface area (Å²) >= 11 is 1.62. The first kappa shape index (κ1) is 21.5. The van der Waals surface area contributed by atoms with Crippen LogP contribution in [0.2, 0.25) is 0 Å². The number of hydrogen-bond donors (Lipinski definition) is 2. The van der Waals surface area contributed by atoms with Gasteiger partial charge in [-0.1, -0.05) is 18.2 Å². The minimum Gasteiger partial charge on any atom is -0.326 e. The monoisotopic (exact) mass is 406 g/mol. The number of hydrogen-bond acceptors (Lipinski definition) is 4. The van der Waals surface area contributed by atoms with Gasteiger partial charge in [-0.3, -0.25) is 4.79 Å². The highest BCUT2D eigenvalue weighted by molar-refractivity contribution is 7.98. The van der Waals surface area contributed by atoms with Crippen molar-refractivity contribution in [3.63, 3.8) is 0 Å². The molecule has 0 aliphatic carbocycles. The number of carbonyl (C=O) groups excluding carboxylic acids is 1. The number of aryl methyl sites for hydroxylation is 1. The van der Waals surface area contributed by atoms with Crippen LogP contribution < -0.4 is 10.0 Å². The van der Waals surface area contributed by atoms with E-state index in [1.54, 1.807) is 56.8 Å². The first-order valence-electron chi connectivity index (χ1n) is 8.66. The molecular weight excluding hydrogens is 380 g/mol. The highest BCUT2D eigenvalue weighted by Gasteiger charge is 2.21. The molecule has 0 atom stereocenters. The minimum atomic E-state index is -3.54. The Bertz CT molecular complexity index is 886. The van der Waals surface area contributed by atoms with Gasteiger partial charge < -0.3 is 5.32 Å². The molecule has 0 saturated heterocycles. The van der Waals surface area contributed by atoms with E-state index in [0.717, 1.165) is 16.1 Å². The molecule has 2 rings (SSSR count). The summed E-state index contributed by atoms with van der Waals surface area (Å²) in [6, 6.07) is 14.3. The van der Waals surface area contributed by atoms with Gasteiger partial charge in [0.1, 0.15) is 0 Å². The molecule has 2 N–H and O–H groups in total. The Hall–Kier alpha value is -1.83. The quantitative estimate of drug-likeness (QED) is 0.680. The van der Waals surface area contributed by atoms with Crippen LogP contribution in [0.4, 0.5) is 5.69 Å². The normalized spacial score (nSPS) is 12.0. The number of benzene rings is 2. The first-order chi connectivity index (χ1) is 12.6. The Balaban J connectivity index is 1.93. The van der Waals surface area contributed by atoms with Crippen LogP contribution in [-0.4, -0.2) is 26.1 Å². The van der Waals surface area contributed by atoms with E-state index in [1.165, 1.54) is 0 Å². The van der Waals surface area contributed by atoms with Gasteiger partial charge in [-0.25, -0.2) is 13.1 Å². The van der Waals surface area contributed by atoms with Crippen molar-refractivity contribution >= 4 is 33.4 Å². The summed E-state index contributed by atoms with van der Waals surface area (Å²) in [7, 11) is -3.54. The predicted molar refractivity (Wildman–Crippen MR) is 112 cm³/mol. The molecule has 7 heteroatoms. The fraction of sp³-hybridized carbons (Fsp3) is 0.350. The van der Waals surface area contributed by atoms with Crippen molar-refractivity contribution in [2.45, 2.75) is 48.9 Å². The number of thioether (sulfide) groups is 1. The topological polar surface area (TPSA) is 75.3 Å². The summed E-state index contributed by atoms with van der Waals surface area (Å²) in [5.74, 6) is -0.0700. The molecule has 146 valence electrons. The summed E-state index contributed by atoms with van der Waals surface area (Å²) < 4.78 is 27.2. The molecule has 0 aliphatic rings. The molecule has 27 heavy (non-hydrogen) atoms. The third-order valence-electron chi connectivity index (χ3n) is 3.67. The van der Waals surface area contributed by atoms with Gasteiger partial charge in [-0.2, -0.15) is 0 Å². The van der Waals surface area contributed by atoms with Crippen LogP contribution in [-0.2, 0) is 21.2 Å². The smallest absolute Gasteiger partial charge is 0.241 e. The Morgan fingerprint density at radius 2 is 1.74 bits per heavy atom. The third kappa shape index (κ3) is 7.01. The highest BCUT2D eigenvalue weighted by Crippen LogP contribution is 2.19. The van der Waals surface area contributed by atoms with Gasteiger partial charge in [-0.05, 0) is 69.3 Å². The molecule has 0 spiro atoms. The van der Waals surface area contributed by atoms with Crippen LogP contribution in [0.5, 0.6) is 0 Å². The average Bonchev–Trinajstić information content (AvgIpc) is 2.58. The molecule has 0 saturated carbocycles. The van der Waals surface area contributed by atoms with Crippen molar-refractivity contribution in [2.24, 2.45) is 0 Å². The Morgan fingerprint density at radius 1 is 1.07 bits per heavy atom. The molecule has 0 bridgehead atoms. The van der Waals surface area contributed by atoms with Crippen molar-refractivity contribution in [3.8, 4) is 0 Å². The molecule has 0 radical (unpaired) electrons. The summed E-state index contributed by atoms with van der Waals surface area (Å²) in [4.78, 5) is 13.5. The Morgan fingerprint density at radius 3 is 2.33 bits per heavy atom. The van der Waals surface area contributed by atoms with E-state index < -0.39 is 15.6 Å². The van der Waals surface area contributed by atoms with Gasteiger partial charge in [0.25, 0.3) is 0 Å². The second-order valence-electron chi connectivity index (χ2n) is 7.28. The van der Waals surface area contributed by atoms with E-state index in [4.69, 9.17) is 0 Å². The van der Waals surface area contributed by atoms with Crippen molar-refractivity contribution in [1.29, 1.82) is 0 Å². The van der Waals surface area contributed by atoms with Crippen molar-refractivity contribution in [2.75, 3.05) is 11.6 Å². The SMILES string of the molecule is CSc1cccc(NC(=O)CCc2ccc(S(=O)(=O)NC(C)(C)C)cc2)c1. The van der Waals surface area contributed by atoms with Gasteiger partial charge in [0.2, 0.25) is 15.9 Å². The lowest BCUT2D eigenvalue weighted by molar-refractivity contribution is -0.116. The average molecular weight is 407 g/mol. The van der Waals surface area contributed by atoms with Crippen molar-refractivity contribution in [1.82, 2.24) is 4.72 Å². The number of nitrogens with one attached hydrogen (secondary N) is 2. The van der Waals surface area contributed by atoms with E-state index in [9.17, 15) is 13.2 Å². The van der Waals surface area contributed by atoms with Gasteiger partial charge in [0.15, 0.2) is 0 Å². The maximum absolute atomic E-state index is 12.3. The number of rotatable bonds is 7. The zero-order chi connectivity index (χ0) is 20.1. The van der Waals surface area contributed by atoms with E-state index in [2.05, 4.69) is 10.0 Å². The van der Waals surface area contributed by atoms with Crippen LogP contribution in [0.1, 0.15) is 32.8 Å². The molecule has 0 fully saturated rings. The molecule has 0 unspecified atom stereocenters. The predicted octanol–water partition coefficient (Wildman–Crippen LogP) is 4.06. The Kier molecular flexibility index (Phi) is 7.08. The van der Waals surface area contributed by atoms with Crippen LogP contribution in [0.3, 0.4) is 0 Å². The number of carbonyl (C=O) groups is 1. The van der Waals surface area contributed by atoms with Gasteiger partial charge in [0, 0.05) is 22.5 Å². The van der Waals surface area contributed by atoms with Crippen molar-refractivity contribution < 1.29 is 13.2 Å². The highest BCUT2D eigenvalue weighted by atomic mass is 32.2. The summed E-state index contributed by atoms with van der Waals surface area (Å²) in [5.41, 5.74) is 1.16. The molecule has 0 aromatic heterocycles. The lowest BCUT2D eigenvalue weighted by Gasteiger charge is -2.20.